The Hall–Kier alpha value is -2.19. The Bertz CT molecular complexity index is 1120. The van der Waals surface area contributed by atoms with Crippen LogP contribution < -0.4 is 5.49 Å². The lowest BCUT2D eigenvalue weighted by atomic mass is 9.96. The molecule has 0 unspecified atom stereocenters. The van der Waals surface area contributed by atoms with Crippen molar-refractivity contribution in [3.63, 3.8) is 0 Å². The third-order valence-electron chi connectivity index (χ3n) is 6.35. The highest BCUT2D eigenvalue weighted by Gasteiger charge is 2.29. The minimum absolute atomic E-state index is 0.179. The molecule has 8 heteroatoms. The zero-order chi connectivity index (χ0) is 22.0. The number of hydrogen-bond donors (Lipinski definition) is 0. The lowest BCUT2D eigenvalue weighted by molar-refractivity contribution is 0.0946. The van der Waals surface area contributed by atoms with E-state index in [1.807, 2.05) is 19.1 Å². The molecule has 0 spiro atoms. The van der Waals surface area contributed by atoms with Gasteiger partial charge < -0.3 is 4.57 Å². The number of carbonyl (C=O) groups excluding carboxylic acids is 1. The van der Waals surface area contributed by atoms with Crippen LogP contribution in [0.15, 0.2) is 40.5 Å². The van der Waals surface area contributed by atoms with Gasteiger partial charge in [0.1, 0.15) is 16.1 Å². The van der Waals surface area contributed by atoms with E-state index >= 15 is 0 Å². The molecule has 2 aromatic rings. The Morgan fingerprint density at radius 3 is 2.42 bits per heavy atom. The molecular weight excluding hydrogens is 412 g/mol. The molecule has 0 amide bonds. The number of nitrogens with zero attached hydrogens (tertiary/aromatic N) is 4. The lowest BCUT2D eigenvalue weighted by Crippen LogP contribution is -2.35. The van der Waals surface area contributed by atoms with Crippen molar-refractivity contribution in [3.8, 4) is 0 Å². The van der Waals surface area contributed by atoms with Crippen LogP contribution in [0.1, 0.15) is 67.4 Å². The predicted molar refractivity (Wildman–Crippen MR) is 119 cm³/mol. The summed E-state index contributed by atoms with van der Waals surface area (Å²) in [5.41, 5.74) is 2.02. The molecule has 1 saturated carbocycles. The number of rotatable bonds is 4. The summed E-state index contributed by atoms with van der Waals surface area (Å²) < 4.78 is 30.8. The fourth-order valence-electron chi connectivity index (χ4n) is 4.52. The van der Waals surface area contributed by atoms with E-state index in [2.05, 4.69) is 0 Å². The molecule has 1 saturated heterocycles. The normalized spacial score (nSPS) is 19.6. The van der Waals surface area contributed by atoms with Crippen LogP contribution in [0, 0.1) is 6.92 Å². The Kier molecular flexibility index (Phi) is 6.48. The van der Waals surface area contributed by atoms with Crippen molar-refractivity contribution in [1.29, 1.82) is 0 Å². The average Bonchev–Trinajstić information content (AvgIpc) is 3.17. The minimum Gasteiger partial charge on any atom is -0.345 e. The van der Waals surface area contributed by atoms with Crippen molar-refractivity contribution in [2.45, 2.75) is 69.2 Å². The van der Waals surface area contributed by atoms with Crippen molar-refractivity contribution < 1.29 is 13.2 Å². The molecule has 0 atom stereocenters. The van der Waals surface area contributed by atoms with E-state index in [0.717, 1.165) is 37.7 Å². The smallest absolute Gasteiger partial charge is 0.280 e. The van der Waals surface area contributed by atoms with Gasteiger partial charge in [0, 0.05) is 32.5 Å². The van der Waals surface area contributed by atoms with Crippen LogP contribution in [0.4, 0.5) is 0 Å². The van der Waals surface area contributed by atoms with E-state index in [1.165, 1.54) is 29.6 Å². The summed E-state index contributed by atoms with van der Waals surface area (Å²) in [5, 5.41) is 0. The van der Waals surface area contributed by atoms with Crippen molar-refractivity contribution in [2.75, 3.05) is 13.1 Å². The van der Waals surface area contributed by atoms with Gasteiger partial charge in [0.15, 0.2) is 0 Å². The van der Waals surface area contributed by atoms with Gasteiger partial charge in [-0.1, -0.05) is 25.7 Å². The molecule has 1 aliphatic heterocycles. The highest BCUT2D eigenvalue weighted by molar-refractivity contribution is 7.89. The SMILES string of the molecule is Cc1ccn(C(=O)c2cc(S(=O)(=O)N3CCCCC3)cn2C)c(=NC2CCCCC2)c1. The monoisotopic (exact) mass is 444 g/mol. The largest absolute Gasteiger partial charge is 0.345 e. The van der Waals surface area contributed by atoms with E-state index in [4.69, 9.17) is 4.99 Å². The summed E-state index contributed by atoms with van der Waals surface area (Å²) in [4.78, 5) is 18.5. The maximum absolute atomic E-state index is 13.4. The summed E-state index contributed by atoms with van der Waals surface area (Å²) in [7, 11) is -1.87. The van der Waals surface area contributed by atoms with E-state index in [-0.39, 0.29) is 16.8 Å². The van der Waals surface area contributed by atoms with Crippen LogP contribution in [-0.2, 0) is 17.1 Å². The molecule has 0 radical (unpaired) electrons. The standard InChI is InChI=1S/C23H32N4O3S/c1-18-11-14-27(22(15-18)24-19-9-5-3-6-10-19)23(28)21-16-20(17-25(21)2)31(29,30)26-12-7-4-8-13-26/h11,14-17,19H,3-10,12-13H2,1-2H3. The van der Waals surface area contributed by atoms with Crippen molar-refractivity contribution in [2.24, 2.45) is 12.0 Å². The second-order valence-corrected chi connectivity index (χ2v) is 10.7. The highest BCUT2D eigenvalue weighted by Crippen LogP contribution is 2.23. The molecule has 1 aliphatic carbocycles. The van der Waals surface area contributed by atoms with Crippen LogP contribution in [0.2, 0.25) is 0 Å². The number of sulfonamides is 1. The Labute approximate surface area is 184 Å². The van der Waals surface area contributed by atoms with Crippen LogP contribution in [0.5, 0.6) is 0 Å². The summed E-state index contributed by atoms with van der Waals surface area (Å²) >= 11 is 0. The van der Waals surface area contributed by atoms with Gasteiger partial charge in [-0.2, -0.15) is 4.31 Å². The Balaban J connectivity index is 1.69. The molecule has 2 aromatic heterocycles. The van der Waals surface area contributed by atoms with Gasteiger partial charge in [0.25, 0.3) is 5.91 Å². The third-order valence-corrected chi connectivity index (χ3v) is 8.21. The first kappa shape index (κ1) is 22.0. The van der Waals surface area contributed by atoms with Crippen LogP contribution in [0.3, 0.4) is 0 Å². The molecule has 168 valence electrons. The molecular formula is C23H32N4O3S. The van der Waals surface area contributed by atoms with E-state index < -0.39 is 10.0 Å². The third kappa shape index (κ3) is 4.70. The molecule has 0 N–H and O–H groups in total. The van der Waals surface area contributed by atoms with Crippen molar-refractivity contribution in [1.82, 2.24) is 13.4 Å². The molecule has 31 heavy (non-hydrogen) atoms. The Morgan fingerprint density at radius 1 is 1.03 bits per heavy atom. The number of pyridine rings is 1. The average molecular weight is 445 g/mol. The summed E-state index contributed by atoms with van der Waals surface area (Å²) in [6, 6.07) is 5.55. The van der Waals surface area contributed by atoms with E-state index in [1.54, 1.807) is 28.6 Å². The lowest BCUT2D eigenvalue weighted by Gasteiger charge is -2.25. The number of aryl methyl sites for hydroxylation is 2. The first-order chi connectivity index (χ1) is 14.9. The van der Waals surface area contributed by atoms with Crippen molar-refractivity contribution in [3.05, 3.63) is 47.3 Å². The van der Waals surface area contributed by atoms with Gasteiger partial charge in [-0.25, -0.2) is 8.42 Å². The zero-order valence-corrected chi connectivity index (χ0v) is 19.3. The number of carbonyl (C=O) groups is 1. The van der Waals surface area contributed by atoms with Crippen LogP contribution >= 0.6 is 0 Å². The molecule has 0 bridgehead atoms. The molecule has 2 fully saturated rings. The molecule has 4 rings (SSSR count). The molecule has 7 nitrogen and oxygen atoms in total. The first-order valence-electron chi connectivity index (χ1n) is 11.3. The fraction of sp³-hybridized carbons (Fsp3) is 0.565. The van der Waals surface area contributed by atoms with Gasteiger partial charge in [0.05, 0.1) is 6.04 Å². The maximum atomic E-state index is 13.4. The summed E-state index contributed by atoms with van der Waals surface area (Å²) in [6.07, 6.45) is 11.8. The molecule has 2 aliphatic rings. The molecule has 0 aromatic carbocycles. The highest BCUT2D eigenvalue weighted by atomic mass is 32.2. The number of piperidine rings is 1. The molecule has 3 heterocycles. The van der Waals surface area contributed by atoms with E-state index in [0.29, 0.717) is 24.3 Å². The summed E-state index contributed by atoms with van der Waals surface area (Å²) in [6.45, 7) is 3.07. The first-order valence-corrected chi connectivity index (χ1v) is 12.7. The van der Waals surface area contributed by atoms with Gasteiger partial charge in [-0.15, -0.1) is 0 Å². The maximum Gasteiger partial charge on any atom is 0.280 e. The number of aromatic nitrogens is 2. The van der Waals surface area contributed by atoms with Gasteiger partial charge in [-0.05, 0) is 56.4 Å². The second kappa shape index (κ2) is 9.12. The van der Waals surface area contributed by atoms with E-state index in [9.17, 15) is 13.2 Å². The predicted octanol–water partition coefficient (Wildman–Crippen LogP) is 3.23. The van der Waals surface area contributed by atoms with Crippen molar-refractivity contribution >= 4 is 15.9 Å². The summed E-state index contributed by atoms with van der Waals surface area (Å²) in [5.74, 6) is -0.267. The second-order valence-electron chi connectivity index (χ2n) is 8.80. The topological polar surface area (TPSA) is 76.7 Å². The van der Waals surface area contributed by atoms with Crippen LogP contribution in [0.25, 0.3) is 0 Å². The van der Waals surface area contributed by atoms with Gasteiger partial charge in [0.2, 0.25) is 10.0 Å². The number of hydrogen-bond acceptors (Lipinski definition) is 4. The minimum atomic E-state index is -3.59. The van der Waals surface area contributed by atoms with Crippen LogP contribution in [-0.4, -0.2) is 46.9 Å². The quantitative estimate of drug-likeness (QED) is 0.726. The van der Waals surface area contributed by atoms with Gasteiger partial charge in [-0.3, -0.25) is 14.4 Å². The zero-order valence-electron chi connectivity index (χ0n) is 18.5. The van der Waals surface area contributed by atoms with Gasteiger partial charge >= 0.3 is 0 Å². The Morgan fingerprint density at radius 2 is 1.71 bits per heavy atom. The fourth-order valence-corrected chi connectivity index (χ4v) is 6.11.